The molecule has 0 saturated heterocycles. The Bertz CT molecular complexity index is 1140. The number of esters is 1. The van der Waals surface area contributed by atoms with Crippen molar-refractivity contribution in [1.29, 1.82) is 0 Å². The van der Waals surface area contributed by atoms with Crippen molar-refractivity contribution in [2.75, 3.05) is 24.3 Å². The van der Waals surface area contributed by atoms with Gasteiger partial charge in [-0.1, -0.05) is 18.2 Å². The maximum absolute atomic E-state index is 12.6. The lowest BCUT2D eigenvalue weighted by atomic mass is 10.1. The number of ether oxygens (including phenoxy) is 1. The van der Waals surface area contributed by atoms with Gasteiger partial charge in [0, 0.05) is 42.3 Å². The highest BCUT2D eigenvalue weighted by molar-refractivity contribution is 6.05. The van der Waals surface area contributed by atoms with Crippen LogP contribution in [0, 0.1) is 0 Å². The molecule has 3 rings (SSSR count). The molecule has 0 bridgehead atoms. The number of hydrogen-bond acceptors (Lipinski definition) is 6. The van der Waals surface area contributed by atoms with Crippen molar-refractivity contribution >= 4 is 35.1 Å². The number of aromatic nitrogens is 2. The van der Waals surface area contributed by atoms with E-state index in [2.05, 4.69) is 25.7 Å². The molecule has 0 unspecified atom stereocenters. The molecule has 34 heavy (non-hydrogen) atoms. The zero-order valence-corrected chi connectivity index (χ0v) is 18.6. The summed E-state index contributed by atoms with van der Waals surface area (Å²) in [5.74, 6) is -1.34. The quantitative estimate of drug-likeness (QED) is 0.394. The predicted octanol–water partition coefficient (Wildman–Crippen LogP) is 2.00. The first kappa shape index (κ1) is 24.2. The van der Waals surface area contributed by atoms with Crippen LogP contribution in [0.5, 0.6) is 0 Å². The van der Waals surface area contributed by atoms with Crippen LogP contribution in [0.25, 0.3) is 0 Å². The van der Waals surface area contributed by atoms with Gasteiger partial charge in [0.15, 0.2) is 0 Å². The summed E-state index contributed by atoms with van der Waals surface area (Å²) in [7, 11) is 1.25. The topological polar surface area (TPSA) is 131 Å². The van der Waals surface area contributed by atoms with E-state index >= 15 is 0 Å². The normalized spacial score (nSPS) is 10.3. The Labute approximate surface area is 196 Å². The van der Waals surface area contributed by atoms with E-state index < -0.39 is 5.97 Å². The fourth-order valence-corrected chi connectivity index (χ4v) is 3.01. The molecule has 0 saturated carbocycles. The Hall–Kier alpha value is -4.47. The number of anilines is 2. The standard InChI is InChI=1S/C24H25N5O5/c1-34-23(32)15-26-22(31)13-17-5-7-19(8-6-17)28-24(33)18-3-2-4-20(14-18)27-21(30)9-11-29-12-10-25-16-29/h2-8,10,12,14,16H,9,11,13,15H2,1H3,(H,26,31)(H,27,30)(H,28,33). The van der Waals surface area contributed by atoms with Gasteiger partial charge in [-0.3, -0.25) is 19.2 Å². The van der Waals surface area contributed by atoms with Gasteiger partial charge in [0.2, 0.25) is 11.8 Å². The Kier molecular flexibility index (Phi) is 8.50. The van der Waals surface area contributed by atoms with Gasteiger partial charge < -0.3 is 25.3 Å². The number of rotatable bonds is 10. The van der Waals surface area contributed by atoms with Crippen LogP contribution in [-0.2, 0) is 32.1 Å². The Balaban J connectivity index is 1.50. The number of nitrogens with one attached hydrogen (secondary N) is 3. The van der Waals surface area contributed by atoms with Crippen molar-refractivity contribution in [3.63, 3.8) is 0 Å². The fraction of sp³-hybridized carbons (Fsp3) is 0.208. The minimum atomic E-state index is -0.524. The molecular weight excluding hydrogens is 438 g/mol. The van der Waals surface area contributed by atoms with Crippen LogP contribution in [0.1, 0.15) is 22.3 Å². The Morgan fingerprint density at radius 3 is 2.47 bits per heavy atom. The van der Waals surface area contributed by atoms with Gasteiger partial charge in [-0.2, -0.15) is 0 Å². The van der Waals surface area contributed by atoms with Gasteiger partial charge >= 0.3 is 5.97 Å². The summed E-state index contributed by atoms with van der Waals surface area (Å²) in [6, 6.07) is 13.4. The predicted molar refractivity (Wildman–Crippen MR) is 125 cm³/mol. The second-order valence-electron chi connectivity index (χ2n) is 7.36. The van der Waals surface area contributed by atoms with E-state index in [1.54, 1.807) is 67.3 Å². The molecule has 1 heterocycles. The maximum Gasteiger partial charge on any atom is 0.325 e. The van der Waals surface area contributed by atoms with Crippen molar-refractivity contribution in [1.82, 2.24) is 14.9 Å². The Morgan fingerprint density at radius 2 is 1.76 bits per heavy atom. The summed E-state index contributed by atoms with van der Waals surface area (Å²) in [5.41, 5.74) is 2.19. The Morgan fingerprint density at radius 1 is 0.971 bits per heavy atom. The van der Waals surface area contributed by atoms with Crippen LogP contribution in [0.2, 0.25) is 0 Å². The number of hydrogen-bond donors (Lipinski definition) is 3. The SMILES string of the molecule is COC(=O)CNC(=O)Cc1ccc(NC(=O)c2cccc(NC(=O)CCn3ccnc3)c2)cc1. The third-order valence-corrected chi connectivity index (χ3v) is 4.80. The molecule has 2 aromatic carbocycles. The van der Waals surface area contributed by atoms with Crippen LogP contribution in [0.15, 0.2) is 67.3 Å². The molecule has 3 N–H and O–H groups in total. The van der Waals surface area contributed by atoms with E-state index in [9.17, 15) is 19.2 Å². The van der Waals surface area contributed by atoms with E-state index in [1.165, 1.54) is 7.11 Å². The number of methoxy groups -OCH3 is 1. The largest absolute Gasteiger partial charge is 0.468 e. The smallest absolute Gasteiger partial charge is 0.325 e. The first-order chi connectivity index (χ1) is 16.4. The third-order valence-electron chi connectivity index (χ3n) is 4.80. The highest BCUT2D eigenvalue weighted by atomic mass is 16.5. The van der Waals surface area contributed by atoms with Gasteiger partial charge in [0.25, 0.3) is 5.91 Å². The minimum Gasteiger partial charge on any atom is -0.468 e. The van der Waals surface area contributed by atoms with Crippen LogP contribution in [0.4, 0.5) is 11.4 Å². The first-order valence-corrected chi connectivity index (χ1v) is 10.5. The molecular formula is C24H25N5O5. The van der Waals surface area contributed by atoms with Crippen LogP contribution >= 0.6 is 0 Å². The van der Waals surface area contributed by atoms with Crippen molar-refractivity contribution in [3.05, 3.63) is 78.4 Å². The highest BCUT2D eigenvalue weighted by Gasteiger charge is 2.10. The summed E-state index contributed by atoms with van der Waals surface area (Å²) in [6.45, 7) is 0.322. The zero-order chi connectivity index (χ0) is 24.3. The van der Waals surface area contributed by atoms with Crippen LogP contribution in [0.3, 0.4) is 0 Å². The molecule has 0 aliphatic heterocycles. The molecule has 0 radical (unpaired) electrons. The number of nitrogens with zero attached hydrogens (tertiary/aromatic N) is 2. The highest BCUT2D eigenvalue weighted by Crippen LogP contribution is 2.15. The van der Waals surface area contributed by atoms with Crippen molar-refractivity contribution < 1.29 is 23.9 Å². The van der Waals surface area contributed by atoms with E-state index in [-0.39, 0.29) is 37.1 Å². The number of carbonyl (C=O) groups is 4. The average Bonchev–Trinajstić information content (AvgIpc) is 3.36. The van der Waals surface area contributed by atoms with E-state index in [0.29, 0.717) is 23.5 Å². The molecule has 0 atom stereocenters. The molecule has 10 nitrogen and oxygen atoms in total. The number of aryl methyl sites for hydroxylation is 1. The lowest BCUT2D eigenvalue weighted by molar-refractivity contribution is -0.141. The molecule has 0 aliphatic carbocycles. The second kappa shape index (κ2) is 12.0. The monoisotopic (exact) mass is 463 g/mol. The molecule has 3 aromatic rings. The number of amides is 3. The lowest BCUT2D eigenvalue weighted by Crippen LogP contribution is -2.31. The number of benzene rings is 2. The molecule has 0 aliphatic rings. The minimum absolute atomic E-state index is 0.0911. The summed E-state index contributed by atoms with van der Waals surface area (Å²) < 4.78 is 6.28. The molecule has 1 aromatic heterocycles. The number of carbonyl (C=O) groups excluding carboxylic acids is 4. The van der Waals surface area contributed by atoms with Crippen molar-refractivity contribution in [2.45, 2.75) is 19.4 Å². The van der Waals surface area contributed by atoms with Crippen LogP contribution < -0.4 is 16.0 Å². The molecule has 0 fully saturated rings. The van der Waals surface area contributed by atoms with E-state index in [1.807, 2.05) is 4.57 Å². The summed E-state index contributed by atoms with van der Waals surface area (Å²) >= 11 is 0. The van der Waals surface area contributed by atoms with E-state index in [0.717, 1.165) is 5.56 Å². The van der Waals surface area contributed by atoms with E-state index in [4.69, 9.17) is 0 Å². The molecule has 0 spiro atoms. The molecule has 10 heteroatoms. The summed E-state index contributed by atoms with van der Waals surface area (Å²) in [5, 5.41) is 8.04. The third kappa shape index (κ3) is 7.59. The summed E-state index contributed by atoms with van der Waals surface area (Å²) in [6.07, 6.45) is 5.45. The van der Waals surface area contributed by atoms with Crippen LogP contribution in [-0.4, -0.2) is 46.9 Å². The zero-order valence-electron chi connectivity index (χ0n) is 18.6. The van der Waals surface area contributed by atoms with Gasteiger partial charge in [-0.05, 0) is 35.9 Å². The van der Waals surface area contributed by atoms with Gasteiger partial charge in [-0.15, -0.1) is 0 Å². The van der Waals surface area contributed by atoms with Gasteiger partial charge in [0.1, 0.15) is 6.54 Å². The lowest BCUT2D eigenvalue weighted by Gasteiger charge is -2.09. The maximum atomic E-state index is 12.6. The van der Waals surface area contributed by atoms with Gasteiger partial charge in [-0.25, -0.2) is 4.98 Å². The first-order valence-electron chi connectivity index (χ1n) is 10.5. The van der Waals surface area contributed by atoms with Crippen molar-refractivity contribution in [3.8, 4) is 0 Å². The average molecular weight is 463 g/mol. The van der Waals surface area contributed by atoms with Gasteiger partial charge in [0.05, 0.1) is 19.9 Å². The summed E-state index contributed by atoms with van der Waals surface area (Å²) in [4.78, 5) is 51.7. The fourth-order valence-electron chi connectivity index (χ4n) is 3.01. The van der Waals surface area contributed by atoms with Crippen molar-refractivity contribution in [2.24, 2.45) is 0 Å². The second-order valence-corrected chi connectivity index (χ2v) is 7.36. The molecule has 3 amide bonds. The molecule has 176 valence electrons. The number of imidazole rings is 1.